The van der Waals surface area contributed by atoms with Crippen LogP contribution in [0.3, 0.4) is 0 Å². The Morgan fingerprint density at radius 3 is 2.50 bits per heavy atom. The summed E-state index contributed by atoms with van der Waals surface area (Å²) in [6.07, 6.45) is 3.94. The third-order valence-electron chi connectivity index (χ3n) is 3.00. The van der Waals surface area contributed by atoms with Gasteiger partial charge in [-0.2, -0.15) is 0 Å². The molecule has 108 valence electrons. The number of benzene rings is 1. The summed E-state index contributed by atoms with van der Waals surface area (Å²) < 4.78 is 5.04. The molecule has 0 fully saturated rings. The average molecular weight is 276 g/mol. The molecule has 20 heavy (non-hydrogen) atoms. The number of ether oxygens (including phenoxy) is 1. The minimum atomic E-state index is -0.383. The first-order valence-electron chi connectivity index (χ1n) is 6.84. The van der Waals surface area contributed by atoms with Crippen molar-refractivity contribution in [2.75, 3.05) is 6.61 Å². The molecule has 4 heteroatoms. The van der Waals surface area contributed by atoms with Crippen molar-refractivity contribution in [2.45, 2.75) is 32.6 Å². The van der Waals surface area contributed by atoms with Crippen molar-refractivity contribution in [1.29, 1.82) is 0 Å². The molecule has 1 rings (SSSR count). The Morgan fingerprint density at radius 2 is 1.95 bits per heavy atom. The Balaban J connectivity index is 2.47. The SMILES string of the molecule is CCCCOC(=O)CC(C=O)Cc1ccc(C=O)cc1. The lowest BCUT2D eigenvalue weighted by Gasteiger charge is -2.10. The van der Waals surface area contributed by atoms with Crippen molar-refractivity contribution in [1.82, 2.24) is 0 Å². The quantitative estimate of drug-likeness (QED) is 0.395. The number of aldehydes is 2. The van der Waals surface area contributed by atoms with Crippen LogP contribution in [0.15, 0.2) is 24.3 Å². The monoisotopic (exact) mass is 276 g/mol. The van der Waals surface area contributed by atoms with E-state index in [1.165, 1.54) is 0 Å². The number of carbonyl (C=O) groups is 3. The van der Waals surface area contributed by atoms with Gasteiger partial charge in [0.2, 0.25) is 0 Å². The predicted octanol–water partition coefficient (Wildman–Crippen LogP) is 2.59. The van der Waals surface area contributed by atoms with Gasteiger partial charge in [-0.3, -0.25) is 9.59 Å². The van der Waals surface area contributed by atoms with Crippen molar-refractivity contribution in [2.24, 2.45) is 5.92 Å². The van der Waals surface area contributed by atoms with E-state index in [9.17, 15) is 14.4 Å². The molecule has 0 saturated carbocycles. The second-order valence-electron chi connectivity index (χ2n) is 4.74. The van der Waals surface area contributed by atoms with Gasteiger partial charge < -0.3 is 9.53 Å². The van der Waals surface area contributed by atoms with E-state index in [1.54, 1.807) is 24.3 Å². The molecule has 0 aliphatic rings. The van der Waals surface area contributed by atoms with E-state index in [0.717, 1.165) is 31.0 Å². The lowest BCUT2D eigenvalue weighted by molar-refractivity contribution is -0.145. The van der Waals surface area contributed by atoms with Gasteiger partial charge in [-0.1, -0.05) is 37.6 Å². The van der Waals surface area contributed by atoms with Crippen LogP contribution in [0.4, 0.5) is 0 Å². The highest BCUT2D eigenvalue weighted by Crippen LogP contribution is 2.12. The first-order valence-corrected chi connectivity index (χ1v) is 6.84. The van der Waals surface area contributed by atoms with E-state index >= 15 is 0 Å². The molecule has 0 aliphatic carbocycles. The van der Waals surface area contributed by atoms with Crippen molar-refractivity contribution in [3.63, 3.8) is 0 Å². The van der Waals surface area contributed by atoms with E-state index < -0.39 is 0 Å². The maximum atomic E-state index is 11.6. The van der Waals surface area contributed by atoms with Crippen LogP contribution < -0.4 is 0 Å². The van der Waals surface area contributed by atoms with Gasteiger partial charge in [-0.15, -0.1) is 0 Å². The zero-order valence-electron chi connectivity index (χ0n) is 11.7. The summed E-state index contributed by atoms with van der Waals surface area (Å²) >= 11 is 0. The number of carbonyl (C=O) groups excluding carboxylic acids is 3. The molecule has 0 N–H and O–H groups in total. The van der Waals surface area contributed by atoms with Crippen molar-refractivity contribution in [3.05, 3.63) is 35.4 Å². The lowest BCUT2D eigenvalue weighted by atomic mass is 9.97. The van der Waals surface area contributed by atoms with Crippen LogP contribution in [0.2, 0.25) is 0 Å². The molecule has 0 aromatic heterocycles. The number of esters is 1. The third-order valence-corrected chi connectivity index (χ3v) is 3.00. The van der Waals surface area contributed by atoms with Gasteiger partial charge in [0.05, 0.1) is 13.0 Å². The molecule has 1 unspecified atom stereocenters. The minimum absolute atomic E-state index is 0.0998. The fraction of sp³-hybridized carbons (Fsp3) is 0.438. The van der Waals surface area contributed by atoms with Crippen LogP contribution in [-0.2, 0) is 20.7 Å². The van der Waals surface area contributed by atoms with Gasteiger partial charge in [0, 0.05) is 11.5 Å². The summed E-state index contributed by atoms with van der Waals surface area (Å²) in [5, 5.41) is 0. The molecule has 0 radical (unpaired) electrons. The largest absolute Gasteiger partial charge is 0.466 e. The topological polar surface area (TPSA) is 60.4 Å². The third kappa shape index (κ3) is 5.78. The Morgan fingerprint density at radius 1 is 1.25 bits per heavy atom. The summed E-state index contributed by atoms with van der Waals surface area (Å²) in [7, 11) is 0. The summed E-state index contributed by atoms with van der Waals surface area (Å²) in [4.78, 5) is 33.1. The van der Waals surface area contributed by atoms with Crippen LogP contribution in [0.25, 0.3) is 0 Å². The van der Waals surface area contributed by atoms with Gasteiger partial charge in [0.1, 0.15) is 12.6 Å². The Hall–Kier alpha value is -1.97. The van der Waals surface area contributed by atoms with Gasteiger partial charge in [-0.05, 0) is 18.4 Å². The normalized spacial score (nSPS) is 11.7. The molecule has 0 aliphatic heterocycles. The minimum Gasteiger partial charge on any atom is -0.466 e. The molecular formula is C16H20O4. The smallest absolute Gasteiger partial charge is 0.306 e. The highest BCUT2D eigenvalue weighted by atomic mass is 16.5. The summed E-state index contributed by atoms with van der Waals surface area (Å²) in [6, 6.07) is 6.98. The van der Waals surface area contributed by atoms with Crippen LogP contribution in [0, 0.1) is 5.92 Å². The first-order chi connectivity index (χ1) is 9.69. The van der Waals surface area contributed by atoms with Gasteiger partial charge in [-0.25, -0.2) is 0 Å². The van der Waals surface area contributed by atoms with Crippen molar-refractivity contribution < 1.29 is 19.1 Å². The van der Waals surface area contributed by atoms with Crippen LogP contribution >= 0.6 is 0 Å². The molecule has 0 heterocycles. The highest BCUT2D eigenvalue weighted by molar-refractivity contribution is 5.75. The van der Waals surface area contributed by atoms with E-state index in [4.69, 9.17) is 4.74 Å². The second-order valence-corrected chi connectivity index (χ2v) is 4.74. The van der Waals surface area contributed by atoms with E-state index in [0.29, 0.717) is 18.6 Å². The number of hydrogen-bond acceptors (Lipinski definition) is 4. The molecule has 1 atom stereocenters. The van der Waals surface area contributed by atoms with Crippen LogP contribution in [0.5, 0.6) is 0 Å². The average Bonchev–Trinajstić information content (AvgIpc) is 2.47. The number of rotatable bonds is 9. The summed E-state index contributed by atoms with van der Waals surface area (Å²) in [5.74, 6) is -0.716. The Kier molecular flexibility index (Phi) is 7.25. The standard InChI is InChI=1S/C16H20O4/c1-2-3-8-20-16(19)10-15(12-18)9-13-4-6-14(11-17)7-5-13/h4-7,11-12,15H,2-3,8-10H2,1H3. The van der Waals surface area contributed by atoms with E-state index in [2.05, 4.69) is 0 Å². The summed E-state index contributed by atoms with van der Waals surface area (Å²) in [6.45, 7) is 2.43. The molecule has 0 spiro atoms. The molecule has 0 amide bonds. The second kappa shape index (κ2) is 9.02. The number of hydrogen-bond donors (Lipinski definition) is 0. The zero-order chi connectivity index (χ0) is 14.8. The lowest BCUT2D eigenvalue weighted by Crippen LogP contribution is -2.15. The first kappa shape index (κ1) is 16.1. The Bertz CT molecular complexity index is 436. The van der Waals surface area contributed by atoms with Crippen molar-refractivity contribution in [3.8, 4) is 0 Å². The fourth-order valence-corrected chi connectivity index (χ4v) is 1.81. The molecule has 0 saturated heterocycles. The number of unbranched alkanes of at least 4 members (excludes halogenated alkanes) is 1. The molecule has 0 bridgehead atoms. The zero-order valence-corrected chi connectivity index (χ0v) is 11.7. The van der Waals surface area contributed by atoms with Crippen LogP contribution in [0.1, 0.15) is 42.1 Å². The molecule has 1 aromatic carbocycles. The maximum Gasteiger partial charge on any atom is 0.306 e. The van der Waals surface area contributed by atoms with Crippen LogP contribution in [-0.4, -0.2) is 25.1 Å². The van der Waals surface area contributed by atoms with E-state index in [-0.39, 0.29) is 18.3 Å². The van der Waals surface area contributed by atoms with Gasteiger partial charge in [0.25, 0.3) is 0 Å². The molecule has 4 nitrogen and oxygen atoms in total. The predicted molar refractivity (Wildman–Crippen MR) is 75.6 cm³/mol. The Labute approximate surface area is 119 Å². The van der Waals surface area contributed by atoms with Gasteiger partial charge >= 0.3 is 5.97 Å². The fourth-order valence-electron chi connectivity index (χ4n) is 1.81. The maximum absolute atomic E-state index is 11.6. The van der Waals surface area contributed by atoms with Gasteiger partial charge in [0.15, 0.2) is 0 Å². The summed E-state index contributed by atoms with van der Waals surface area (Å²) in [5.41, 5.74) is 1.52. The molecule has 1 aromatic rings. The highest BCUT2D eigenvalue weighted by Gasteiger charge is 2.14. The van der Waals surface area contributed by atoms with E-state index in [1.807, 2.05) is 6.92 Å². The molecular weight excluding hydrogens is 256 g/mol. The van der Waals surface area contributed by atoms with Crippen molar-refractivity contribution >= 4 is 18.5 Å².